The van der Waals surface area contributed by atoms with Gasteiger partial charge in [-0.1, -0.05) is 73.1 Å². The molecule has 109 heavy (non-hydrogen) atoms. The molecule has 0 radical (unpaired) electrons. The lowest BCUT2D eigenvalue weighted by Gasteiger charge is -2.52. The number of aliphatic carboxylic acids is 1. The van der Waals surface area contributed by atoms with Crippen LogP contribution in [0.4, 0.5) is 4.79 Å². The number of ether oxygens (including phenoxy) is 11. The first-order valence-electron chi connectivity index (χ1n) is 35.4. The summed E-state index contributed by atoms with van der Waals surface area (Å²) in [5.74, 6) is -7.66. The molecule has 27 atom stereocenters. The largest absolute Gasteiger partial charge is 0.510 e. The molecule has 5 saturated heterocycles. The SMILES string of the molecule is C=C(C/C=C(\C)CCC=C(C)C)CCC(C)(C)/C=C/CC/C(C)=C\CO[C@H](COP(=O)(O)O[C@H]1O[C@H](C(N)=O)[C@@](C)(O)[C@H](OC(N)=O)[C@H]1O[C@@H]1O[C@H](CO[C@@H]2O[C@H](CO)[C@@H](O)[C@H](O)[C@H]2O)[C@@H](O[C@@H]2O[C@H](C)[C@@H](O[C@@H]3O[C@H](C(=O)NC4=C(O)CCC4=O)[C@H](O)[C@H](O)[C@H]3O)[C@H](O)[C@H]2NC(C)=O)[C@H](O)[C@H]1NC(C)=O)C(=O)O. The van der Waals surface area contributed by atoms with Gasteiger partial charge in [-0.2, -0.15) is 0 Å². The summed E-state index contributed by atoms with van der Waals surface area (Å²) in [5.41, 5.74) is 12.0. The summed E-state index contributed by atoms with van der Waals surface area (Å²) in [4.78, 5) is 102. The fourth-order valence-corrected chi connectivity index (χ4v) is 13.5. The molecule has 20 N–H and O–H groups in total. The van der Waals surface area contributed by atoms with E-state index in [2.05, 4.69) is 75.4 Å². The fraction of sp³-hybridized carbons (Fsp3) is 0.725. The number of aliphatic hydroxyl groups is 11. The van der Waals surface area contributed by atoms with E-state index in [9.17, 15) is 104 Å². The average Bonchev–Trinajstić information content (AvgIpc) is 1.80. The van der Waals surface area contributed by atoms with Crippen molar-refractivity contribution in [2.24, 2.45) is 16.9 Å². The van der Waals surface area contributed by atoms with Gasteiger partial charge in [0.15, 0.2) is 67.8 Å². The number of hydrogen-bond donors (Lipinski definition) is 18. The molecule has 1 unspecified atom stereocenters. The van der Waals surface area contributed by atoms with Crippen LogP contribution in [0.1, 0.15) is 127 Å². The highest BCUT2D eigenvalue weighted by molar-refractivity contribution is 7.47. The summed E-state index contributed by atoms with van der Waals surface area (Å²) >= 11 is 0. The van der Waals surface area contributed by atoms with Crippen molar-refractivity contribution < 1.29 is 165 Å². The molecule has 0 aromatic carbocycles. The van der Waals surface area contributed by atoms with Crippen molar-refractivity contribution in [3.63, 3.8) is 0 Å². The summed E-state index contributed by atoms with van der Waals surface area (Å²) < 4.78 is 88.9. The number of carboxylic acids is 1. The average molecular weight is 1580 g/mol. The van der Waals surface area contributed by atoms with Crippen LogP contribution in [0.15, 0.2) is 70.7 Å². The molecule has 1 aliphatic carbocycles. The van der Waals surface area contributed by atoms with Crippen LogP contribution in [0.25, 0.3) is 0 Å². The normalized spacial score (nSPS) is 35.6. The van der Waals surface area contributed by atoms with E-state index in [0.29, 0.717) is 12.8 Å². The number of primary amides is 2. The quantitative estimate of drug-likeness (QED) is 0.0236. The highest BCUT2D eigenvalue weighted by Crippen LogP contribution is 2.49. The number of nitrogens with one attached hydrogen (secondary N) is 3. The Bertz CT molecular complexity index is 3360. The lowest BCUT2D eigenvalue weighted by Crippen LogP contribution is -2.72. The van der Waals surface area contributed by atoms with Gasteiger partial charge in [-0.15, -0.1) is 0 Å². The molecule has 0 spiro atoms. The third-order valence-corrected chi connectivity index (χ3v) is 19.9. The van der Waals surface area contributed by atoms with Crippen molar-refractivity contribution in [3.8, 4) is 0 Å². The van der Waals surface area contributed by atoms with E-state index in [4.69, 9.17) is 72.6 Å². The third-order valence-electron chi connectivity index (χ3n) is 18.9. The molecule has 0 saturated carbocycles. The molecule has 39 nitrogen and oxygen atoms in total. The van der Waals surface area contributed by atoms with Gasteiger partial charge in [0.25, 0.3) is 5.91 Å². The molecule has 5 amide bonds. The smallest absolute Gasteiger partial charge is 0.474 e. The van der Waals surface area contributed by atoms with Gasteiger partial charge in [-0.05, 0) is 91.9 Å². The molecule has 5 heterocycles. The van der Waals surface area contributed by atoms with E-state index in [0.717, 1.165) is 64.0 Å². The Morgan fingerprint density at radius 2 is 1.29 bits per heavy atom. The molecular weight excluding hydrogens is 1470 g/mol. The van der Waals surface area contributed by atoms with Gasteiger partial charge in [0.05, 0.1) is 32.5 Å². The highest BCUT2D eigenvalue weighted by Gasteiger charge is 2.62. The molecule has 5 aliphatic heterocycles. The van der Waals surface area contributed by atoms with Crippen LogP contribution in [0, 0.1) is 5.41 Å². The first-order valence-corrected chi connectivity index (χ1v) is 36.9. The number of carbonyl (C=O) groups is 7. The number of ketones is 1. The lowest BCUT2D eigenvalue weighted by atomic mass is 9.85. The maximum absolute atomic E-state index is 14.1. The first kappa shape index (κ1) is 91.7. The number of carbonyl (C=O) groups excluding carboxylic acids is 6. The van der Waals surface area contributed by atoms with Crippen molar-refractivity contribution in [1.82, 2.24) is 16.0 Å². The fourth-order valence-electron chi connectivity index (χ4n) is 12.6. The second kappa shape index (κ2) is 40.5. The molecule has 6 aliphatic rings. The zero-order valence-electron chi connectivity index (χ0n) is 62.2. The van der Waals surface area contributed by atoms with Crippen LogP contribution >= 0.6 is 7.82 Å². The number of Topliss-reactive ketones (excluding diaryl/α,β-unsaturated/α-hetero) is 1. The minimum atomic E-state index is -5.85. The van der Waals surface area contributed by atoms with Crippen molar-refractivity contribution in [2.45, 2.75) is 286 Å². The minimum Gasteiger partial charge on any atom is -0.510 e. The number of phosphoric ester groups is 1. The van der Waals surface area contributed by atoms with Crippen molar-refractivity contribution in [3.05, 3.63) is 70.7 Å². The van der Waals surface area contributed by atoms with Gasteiger partial charge in [0.2, 0.25) is 17.7 Å². The van der Waals surface area contributed by atoms with Crippen LogP contribution in [0.5, 0.6) is 0 Å². The molecule has 40 heteroatoms. The maximum atomic E-state index is 14.1. The number of hydrogen-bond acceptors (Lipinski definition) is 32. The maximum Gasteiger partial charge on any atom is 0.474 e. The standard InChI is InChI=1S/C69H108N5O34P/c1-30(2)15-14-17-31(3)18-19-33(5)22-25-68(9,10)24-13-12-16-32(4)23-26-96-41(61(90)91)29-98-109(94,95)108-66-56(57(107-67(71)92)69(11,93)58(106-66)59(70)88)105-63-44(73-36(8)77)47(82)54(40(101-63)28-97-64-51(86)48(83)45(80)39(27-75)100-64)103-62-43(72-35(7)76)46(81)53(34(6)99-62)102-65-52(87)49(84)50(85)55(104-65)60(89)74-42-37(78)20-21-38(42)79/h13,15,18,23-24,34,39-41,43-58,62-66,75,78,80-87,93H,5,12,14,16-17,19-22,25-29H2,1-4,6-11H3,(H2,70,88)(H2,71,92)(H,72,76)(H,73,77)(H,74,89)(H,90,91)(H,94,95)/b24-13+,31-18+,32-23-/t34-,39-,40-,41-,43-,44-,45-,46-,47-,48+,49+,50-,51-,52-,53-,54-,55+,56-,57-,58-,62+,63+,64-,65-,66-,69+/m1/s1. The van der Waals surface area contributed by atoms with Crippen LogP contribution in [0.2, 0.25) is 0 Å². The van der Waals surface area contributed by atoms with Crippen LogP contribution < -0.4 is 27.4 Å². The number of aliphatic hydroxyl groups excluding tert-OH is 10. The Morgan fingerprint density at radius 1 is 0.716 bits per heavy atom. The van der Waals surface area contributed by atoms with E-state index >= 15 is 0 Å². The number of rotatable bonds is 37. The Hall–Kier alpha value is -6.16. The molecule has 0 aromatic rings. The van der Waals surface area contributed by atoms with E-state index in [-0.39, 0.29) is 24.9 Å². The summed E-state index contributed by atoms with van der Waals surface area (Å²) in [7, 11) is -5.85. The monoisotopic (exact) mass is 1580 g/mol. The molecule has 0 aromatic heterocycles. The molecule has 5 fully saturated rings. The summed E-state index contributed by atoms with van der Waals surface area (Å²) in [6.07, 6.45) is -35.4. The Labute approximate surface area is 628 Å². The van der Waals surface area contributed by atoms with E-state index in [1.807, 2.05) is 6.08 Å². The molecule has 6 rings (SSSR count). The number of amides is 5. The first-order chi connectivity index (χ1) is 50.9. The van der Waals surface area contributed by atoms with Crippen molar-refractivity contribution in [1.29, 1.82) is 0 Å². The van der Waals surface area contributed by atoms with Gasteiger partial charge in [-0.3, -0.25) is 33.0 Å². The molecule has 618 valence electrons. The summed E-state index contributed by atoms with van der Waals surface area (Å²) in [5, 5.41) is 139. The predicted molar refractivity (Wildman–Crippen MR) is 372 cm³/mol. The van der Waals surface area contributed by atoms with Crippen LogP contribution in [-0.2, 0) is 94.5 Å². The van der Waals surface area contributed by atoms with Crippen LogP contribution in [-0.4, -0.2) is 293 Å². The topological polar surface area (TPSA) is 608 Å². The third kappa shape index (κ3) is 25.4. The zero-order valence-corrected chi connectivity index (χ0v) is 63.1. The van der Waals surface area contributed by atoms with E-state index in [1.165, 1.54) is 18.1 Å². The van der Waals surface area contributed by atoms with Crippen molar-refractivity contribution in [2.75, 3.05) is 26.4 Å². The van der Waals surface area contributed by atoms with Gasteiger partial charge in [-0.25, -0.2) is 14.2 Å². The number of allylic oxidation sites excluding steroid dienone is 10. The van der Waals surface area contributed by atoms with Gasteiger partial charge in [0, 0.05) is 26.7 Å². The van der Waals surface area contributed by atoms with Crippen LogP contribution in [0.3, 0.4) is 0 Å². The lowest BCUT2D eigenvalue weighted by molar-refractivity contribution is -0.375. The second-order valence-electron chi connectivity index (χ2n) is 28.9. The van der Waals surface area contributed by atoms with E-state index in [1.54, 1.807) is 13.0 Å². The highest BCUT2D eigenvalue weighted by atomic mass is 31.2. The number of phosphoric acid groups is 1. The number of nitrogens with two attached hydrogens (primary N) is 2. The summed E-state index contributed by atoms with van der Waals surface area (Å²) in [6, 6.07) is -4.00. The zero-order chi connectivity index (χ0) is 81.5. The van der Waals surface area contributed by atoms with E-state index < -0.39 is 240 Å². The minimum absolute atomic E-state index is 0.128. The molecular formula is C69H108N5O34P. The Kier molecular flexibility index (Phi) is 34.1. The van der Waals surface area contributed by atoms with Crippen molar-refractivity contribution >= 4 is 49.3 Å². The predicted octanol–water partition coefficient (Wildman–Crippen LogP) is -2.03. The van der Waals surface area contributed by atoms with Gasteiger partial charge < -0.3 is 146 Å². The Morgan fingerprint density at radius 3 is 1.88 bits per heavy atom. The van der Waals surface area contributed by atoms with Gasteiger partial charge >= 0.3 is 19.9 Å². The number of carboxylic acid groups (broad SMARTS) is 1. The van der Waals surface area contributed by atoms with Gasteiger partial charge in [0.1, 0.15) is 102 Å². The Balaban J connectivity index is 1.25. The second-order valence-corrected chi connectivity index (χ2v) is 30.3. The molecule has 0 bridgehead atoms. The summed E-state index contributed by atoms with van der Waals surface area (Å²) in [6.45, 7) is 16.8.